The fourth-order valence-electron chi connectivity index (χ4n) is 2.89. The van der Waals surface area contributed by atoms with E-state index < -0.39 is 0 Å². The summed E-state index contributed by atoms with van der Waals surface area (Å²) in [4.78, 5) is 2.52. The first-order valence-corrected chi connectivity index (χ1v) is 7.13. The van der Waals surface area contributed by atoms with E-state index in [-0.39, 0.29) is 6.10 Å². The van der Waals surface area contributed by atoms with Gasteiger partial charge in [0.05, 0.1) is 6.10 Å². The molecule has 100 valence electrons. The van der Waals surface area contributed by atoms with Gasteiger partial charge in [-0.3, -0.25) is 0 Å². The van der Waals surface area contributed by atoms with Crippen molar-refractivity contribution in [2.24, 2.45) is 0 Å². The number of nitrogens with zero attached hydrogens (tertiary/aromatic N) is 1. The van der Waals surface area contributed by atoms with E-state index in [1.807, 2.05) is 0 Å². The lowest BCUT2D eigenvalue weighted by atomic mass is 9.99. The predicted molar refractivity (Wildman–Crippen MR) is 75.8 cm³/mol. The highest BCUT2D eigenvalue weighted by Crippen LogP contribution is 2.18. The van der Waals surface area contributed by atoms with Crippen molar-refractivity contribution in [1.82, 2.24) is 4.90 Å². The van der Waals surface area contributed by atoms with E-state index in [9.17, 15) is 5.11 Å². The molecule has 0 unspecified atom stereocenters. The molecular weight excluding hydrogens is 222 g/mol. The molecule has 2 atom stereocenters. The third-order valence-electron chi connectivity index (χ3n) is 4.14. The molecule has 0 radical (unpaired) electrons. The van der Waals surface area contributed by atoms with E-state index in [1.54, 1.807) is 0 Å². The minimum absolute atomic E-state index is 0.0763. The predicted octanol–water partition coefficient (Wildman–Crippen LogP) is 2.77. The summed E-state index contributed by atoms with van der Waals surface area (Å²) in [5.41, 5.74) is 2.88. The molecule has 2 heteroatoms. The molecule has 1 saturated heterocycles. The normalized spacial score (nSPS) is 25.3. The van der Waals surface area contributed by atoms with Gasteiger partial charge in [0, 0.05) is 12.6 Å². The van der Waals surface area contributed by atoms with E-state index in [0.717, 1.165) is 25.9 Å². The molecule has 1 N–H and O–H groups in total. The lowest BCUT2D eigenvalue weighted by Gasteiger charge is -2.35. The van der Waals surface area contributed by atoms with Gasteiger partial charge in [0.15, 0.2) is 0 Å². The number of aliphatic hydroxyl groups is 1. The molecular formula is C16H25NO. The van der Waals surface area contributed by atoms with Crippen LogP contribution in [0.1, 0.15) is 37.3 Å². The van der Waals surface area contributed by atoms with Crippen LogP contribution in [0.4, 0.5) is 0 Å². The van der Waals surface area contributed by atoms with Gasteiger partial charge in [0.2, 0.25) is 0 Å². The van der Waals surface area contributed by atoms with Crippen molar-refractivity contribution in [3.8, 4) is 0 Å². The molecule has 1 aromatic rings. The van der Waals surface area contributed by atoms with Crippen LogP contribution in [0.25, 0.3) is 0 Å². The highest BCUT2D eigenvalue weighted by molar-refractivity contribution is 5.25. The van der Waals surface area contributed by atoms with Crippen LogP contribution in [-0.4, -0.2) is 35.2 Å². The second kappa shape index (κ2) is 6.35. The van der Waals surface area contributed by atoms with E-state index in [0.29, 0.717) is 6.04 Å². The molecule has 0 aromatic heterocycles. The highest BCUT2D eigenvalue weighted by Gasteiger charge is 2.23. The Bertz CT molecular complexity index is 377. The molecule has 1 aromatic carbocycles. The Balaban J connectivity index is 1.77. The largest absolute Gasteiger partial charge is 0.393 e. The summed E-state index contributed by atoms with van der Waals surface area (Å²) < 4.78 is 0. The summed E-state index contributed by atoms with van der Waals surface area (Å²) in [6.45, 7) is 6.63. The van der Waals surface area contributed by atoms with E-state index in [1.165, 1.54) is 24.0 Å². The zero-order chi connectivity index (χ0) is 13.0. The monoisotopic (exact) mass is 247 g/mol. The van der Waals surface area contributed by atoms with Gasteiger partial charge in [0.25, 0.3) is 0 Å². The first kappa shape index (κ1) is 13.6. The minimum atomic E-state index is -0.0763. The summed E-state index contributed by atoms with van der Waals surface area (Å²) in [6.07, 6.45) is 4.18. The number of aliphatic hydroxyl groups excluding tert-OH is 1. The van der Waals surface area contributed by atoms with Crippen LogP contribution in [0.15, 0.2) is 24.3 Å². The molecule has 0 spiro atoms. The van der Waals surface area contributed by atoms with Crippen LogP contribution >= 0.6 is 0 Å². The Morgan fingerprint density at radius 3 is 2.83 bits per heavy atom. The Labute approximate surface area is 111 Å². The second-order valence-corrected chi connectivity index (χ2v) is 5.59. The average Bonchev–Trinajstić information content (AvgIpc) is 2.34. The lowest BCUT2D eigenvalue weighted by Crippen LogP contribution is -2.43. The standard InChI is InChI=1S/C16H25NO/c1-13-6-3-4-7-15(13)8-5-10-17-11-9-16(18)12-14(17)2/h3-4,6-7,14,16,18H,5,8-12H2,1-2H3/t14-,16+/m1/s1. The van der Waals surface area contributed by atoms with Crippen molar-refractivity contribution in [3.63, 3.8) is 0 Å². The number of piperidine rings is 1. The molecule has 1 aliphatic heterocycles. The van der Waals surface area contributed by atoms with Crippen molar-refractivity contribution in [2.75, 3.05) is 13.1 Å². The lowest BCUT2D eigenvalue weighted by molar-refractivity contribution is 0.0479. The topological polar surface area (TPSA) is 23.5 Å². The van der Waals surface area contributed by atoms with Gasteiger partial charge in [-0.25, -0.2) is 0 Å². The SMILES string of the molecule is Cc1ccccc1CCCN1CC[C@H](O)C[C@H]1C. The fraction of sp³-hybridized carbons (Fsp3) is 0.625. The van der Waals surface area contributed by atoms with Crippen LogP contribution in [0.5, 0.6) is 0 Å². The smallest absolute Gasteiger partial charge is 0.0567 e. The number of benzene rings is 1. The molecule has 18 heavy (non-hydrogen) atoms. The van der Waals surface area contributed by atoms with Gasteiger partial charge in [-0.1, -0.05) is 24.3 Å². The maximum atomic E-state index is 9.61. The molecule has 0 saturated carbocycles. The van der Waals surface area contributed by atoms with Crippen LogP contribution in [-0.2, 0) is 6.42 Å². The average molecular weight is 247 g/mol. The van der Waals surface area contributed by atoms with Crippen LogP contribution in [0.3, 0.4) is 0 Å². The summed E-state index contributed by atoms with van der Waals surface area (Å²) in [6, 6.07) is 9.19. The molecule has 1 aliphatic rings. The zero-order valence-corrected chi connectivity index (χ0v) is 11.6. The van der Waals surface area contributed by atoms with Crippen molar-refractivity contribution in [2.45, 2.75) is 51.7 Å². The first-order valence-electron chi connectivity index (χ1n) is 7.13. The van der Waals surface area contributed by atoms with Crippen LogP contribution in [0.2, 0.25) is 0 Å². The van der Waals surface area contributed by atoms with E-state index >= 15 is 0 Å². The van der Waals surface area contributed by atoms with Crippen LogP contribution in [0, 0.1) is 6.92 Å². The molecule has 1 heterocycles. The summed E-state index contributed by atoms with van der Waals surface area (Å²) >= 11 is 0. The number of hydrogen-bond acceptors (Lipinski definition) is 2. The Hall–Kier alpha value is -0.860. The second-order valence-electron chi connectivity index (χ2n) is 5.59. The van der Waals surface area contributed by atoms with Gasteiger partial charge < -0.3 is 10.0 Å². The highest BCUT2D eigenvalue weighted by atomic mass is 16.3. The Morgan fingerprint density at radius 2 is 2.11 bits per heavy atom. The van der Waals surface area contributed by atoms with E-state index in [4.69, 9.17) is 0 Å². The number of hydrogen-bond donors (Lipinski definition) is 1. The summed E-state index contributed by atoms with van der Waals surface area (Å²) in [5, 5.41) is 9.61. The number of likely N-dealkylation sites (tertiary alicyclic amines) is 1. The van der Waals surface area contributed by atoms with Gasteiger partial charge >= 0.3 is 0 Å². The van der Waals surface area contributed by atoms with Crippen LogP contribution < -0.4 is 0 Å². The van der Waals surface area contributed by atoms with Gasteiger partial charge in [-0.15, -0.1) is 0 Å². The molecule has 0 aliphatic carbocycles. The number of rotatable bonds is 4. The maximum absolute atomic E-state index is 9.61. The summed E-state index contributed by atoms with van der Waals surface area (Å²) in [5.74, 6) is 0. The molecule has 2 rings (SSSR count). The summed E-state index contributed by atoms with van der Waals surface area (Å²) in [7, 11) is 0. The third kappa shape index (κ3) is 3.56. The van der Waals surface area contributed by atoms with E-state index in [2.05, 4.69) is 43.0 Å². The quantitative estimate of drug-likeness (QED) is 0.884. The number of aryl methyl sites for hydroxylation is 2. The molecule has 0 amide bonds. The van der Waals surface area contributed by atoms with Gasteiger partial charge in [-0.05, 0) is 57.2 Å². The third-order valence-corrected chi connectivity index (χ3v) is 4.14. The molecule has 0 bridgehead atoms. The Morgan fingerprint density at radius 1 is 1.33 bits per heavy atom. The van der Waals surface area contributed by atoms with Crippen molar-refractivity contribution >= 4 is 0 Å². The Kier molecular flexibility index (Phi) is 4.79. The fourth-order valence-corrected chi connectivity index (χ4v) is 2.89. The van der Waals surface area contributed by atoms with Crippen molar-refractivity contribution in [1.29, 1.82) is 0 Å². The maximum Gasteiger partial charge on any atom is 0.0567 e. The van der Waals surface area contributed by atoms with Gasteiger partial charge in [-0.2, -0.15) is 0 Å². The zero-order valence-electron chi connectivity index (χ0n) is 11.6. The first-order chi connectivity index (χ1) is 8.66. The van der Waals surface area contributed by atoms with Gasteiger partial charge in [0.1, 0.15) is 0 Å². The minimum Gasteiger partial charge on any atom is -0.393 e. The van der Waals surface area contributed by atoms with Crippen molar-refractivity contribution in [3.05, 3.63) is 35.4 Å². The molecule has 1 fully saturated rings. The van der Waals surface area contributed by atoms with Crippen molar-refractivity contribution < 1.29 is 5.11 Å². The molecule has 2 nitrogen and oxygen atoms in total.